The fraction of sp³-hybridized carbons (Fsp3) is 1.00. The number of hydrogen-bond acceptors (Lipinski definition) is 2. The third-order valence-corrected chi connectivity index (χ3v) is 3.27. The minimum atomic E-state index is 0.0217. The van der Waals surface area contributed by atoms with Gasteiger partial charge in [0.25, 0.3) is 0 Å². The Balaban J connectivity index is 2.10. The number of rotatable bonds is 6. The van der Waals surface area contributed by atoms with E-state index in [0.29, 0.717) is 6.04 Å². The third-order valence-electron chi connectivity index (χ3n) is 3.27. The second-order valence-corrected chi connectivity index (χ2v) is 5.64. The van der Waals surface area contributed by atoms with Gasteiger partial charge in [0.1, 0.15) is 0 Å². The highest BCUT2D eigenvalue weighted by Crippen LogP contribution is 2.30. The van der Waals surface area contributed by atoms with Crippen LogP contribution in [0, 0.1) is 11.3 Å². The molecule has 0 aromatic carbocycles. The van der Waals surface area contributed by atoms with Crippen molar-refractivity contribution in [3.63, 3.8) is 0 Å². The fourth-order valence-electron chi connectivity index (χ4n) is 1.82. The Morgan fingerprint density at radius 1 is 1.43 bits per heavy atom. The molecule has 1 atom stereocenters. The maximum atomic E-state index is 9.11. The lowest BCUT2D eigenvalue weighted by molar-refractivity contribution is 0.150. The highest BCUT2D eigenvalue weighted by atomic mass is 16.3. The van der Waals surface area contributed by atoms with Gasteiger partial charge in [-0.2, -0.15) is 0 Å². The highest BCUT2D eigenvalue weighted by molar-refractivity contribution is 4.77. The summed E-state index contributed by atoms with van der Waals surface area (Å²) >= 11 is 0. The van der Waals surface area contributed by atoms with Crippen LogP contribution >= 0.6 is 0 Å². The van der Waals surface area contributed by atoms with Crippen molar-refractivity contribution in [1.29, 1.82) is 0 Å². The van der Waals surface area contributed by atoms with Crippen LogP contribution in [0.2, 0.25) is 0 Å². The van der Waals surface area contributed by atoms with Crippen LogP contribution in [0.4, 0.5) is 0 Å². The van der Waals surface area contributed by atoms with Crippen LogP contribution in [0.1, 0.15) is 46.5 Å². The molecule has 2 N–H and O–H groups in total. The SMILES string of the molecule is CC(CC1CCC1)NCC(C)(C)CO. The standard InChI is InChI=1S/C12H25NO/c1-10(7-11-5-4-6-11)13-8-12(2,3)9-14/h10-11,13-14H,4-9H2,1-3H3. The van der Waals surface area contributed by atoms with E-state index in [0.717, 1.165) is 12.5 Å². The van der Waals surface area contributed by atoms with Crippen molar-refractivity contribution in [2.45, 2.75) is 52.5 Å². The zero-order valence-electron chi connectivity index (χ0n) is 9.84. The van der Waals surface area contributed by atoms with Crippen LogP contribution in [0.15, 0.2) is 0 Å². The lowest BCUT2D eigenvalue weighted by Crippen LogP contribution is -2.38. The van der Waals surface area contributed by atoms with Gasteiger partial charge in [0.05, 0.1) is 0 Å². The lowest BCUT2D eigenvalue weighted by atomic mass is 9.81. The zero-order chi connectivity index (χ0) is 10.6. The summed E-state index contributed by atoms with van der Waals surface area (Å²) < 4.78 is 0. The van der Waals surface area contributed by atoms with E-state index in [4.69, 9.17) is 5.11 Å². The molecule has 0 heterocycles. The number of aliphatic hydroxyl groups excluding tert-OH is 1. The Hall–Kier alpha value is -0.0800. The first-order chi connectivity index (χ1) is 6.53. The van der Waals surface area contributed by atoms with Crippen molar-refractivity contribution >= 4 is 0 Å². The number of aliphatic hydroxyl groups is 1. The van der Waals surface area contributed by atoms with Crippen molar-refractivity contribution < 1.29 is 5.11 Å². The summed E-state index contributed by atoms with van der Waals surface area (Å²) in [6.07, 6.45) is 5.59. The van der Waals surface area contributed by atoms with Crippen LogP contribution in [0.5, 0.6) is 0 Å². The van der Waals surface area contributed by atoms with E-state index in [1.54, 1.807) is 0 Å². The summed E-state index contributed by atoms with van der Waals surface area (Å²) in [4.78, 5) is 0. The van der Waals surface area contributed by atoms with E-state index < -0.39 is 0 Å². The molecule has 84 valence electrons. The molecule has 2 heteroatoms. The van der Waals surface area contributed by atoms with Crippen LogP contribution in [-0.4, -0.2) is 24.3 Å². The molecule has 1 aliphatic rings. The predicted octanol–water partition coefficient (Wildman–Crippen LogP) is 2.17. The molecule has 1 aliphatic carbocycles. The normalized spacial score (nSPS) is 20.6. The van der Waals surface area contributed by atoms with Crippen LogP contribution in [0.25, 0.3) is 0 Å². The first-order valence-electron chi connectivity index (χ1n) is 5.88. The molecule has 2 nitrogen and oxygen atoms in total. The monoisotopic (exact) mass is 199 g/mol. The van der Waals surface area contributed by atoms with Crippen LogP contribution in [-0.2, 0) is 0 Å². The maximum absolute atomic E-state index is 9.11. The van der Waals surface area contributed by atoms with E-state index >= 15 is 0 Å². The fourth-order valence-corrected chi connectivity index (χ4v) is 1.82. The highest BCUT2D eigenvalue weighted by Gasteiger charge is 2.21. The van der Waals surface area contributed by atoms with E-state index in [1.165, 1.54) is 25.7 Å². The Kier molecular flexibility index (Phi) is 4.39. The van der Waals surface area contributed by atoms with Gasteiger partial charge in [-0.05, 0) is 19.3 Å². The van der Waals surface area contributed by atoms with E-state index in [2.05, 4.69) is 26.1 Å². The van der Waals surface area contributed by atoms with E-state index in [9.17, 15) is 0 Å². The van der Waals surface area contributed by atoms with Crippen molar-refractivity contribution in [3.8, 4) is 0 Å². The van der Waals surface area contributed by atoms with E-state index in [-0.39, 0.29) is 12.0 Å². The topological polar surface area (TPSA) is 32.3 Å². The van der Waals surface area contributed by atoms with Gasteiger partial charge in [0.2, 0.25) is 0 Å². The molecule has 0 aliphatic heterocycles. The average molecular weight is 199 g/mol. The third kappa shape index (κ3) is 3.97. The van der Waals surface area contributed by atoms with Gasteiger partial charge in [-0.25, -0.2) is 0 Å². The minimum absolute atomic E-state index is 0.0217. The molecule has 0 bridgehead atoms. The summed E-state index contributed by atoms with van der Waals surface area (Å²) in [5.41, 5.74) is 0.0217. The second kappa shape index (κ2) is 5.13. The molecular formula is C12H25NO. The van der Waals surface area contributed by atoms with Crippen molar-refractivity contribution in [2.24, 2.45) is 11.3 Å². The van der Waals surface area contributed by atoms with Gasteiger partial charge in [-0.3, -0.25) is 0 Å². The number of hydrogen-bond donors (Lipinski definition) is 2. The molecule has 1 fully saturated rings. The van der Waals surface area contributed by atoms with Gasteiger partial charge in [0, 0.05) is 24.6 Å². The quantitative estimate of drug-likeness (QED) is 0.687. The molecule has 14 heavy (non-hydrogen) atoms. The van der Waals surface area contributed by atoms with E-state index in [1.807, 2.05) is 0 Å². The first kappa shape index (κ1) is 12.0. The van der Waals surface area contributed by atoms with Gasteiger partial charge in [-0.1, -0.05) is 33.1 Å². The Morgan fingerprint density at radius 2 is 2.07 bits per heavy atom. The molecular weight excluding hydrogens is 174 g/mol. The lowest BCUT2D eigenvalue weighted by Gasteiger charge is -2.30. The molecule has 0 aromatic heterocycles. The molecule has 0 radical (unpaired) electrons. The smallest absolute Gasteiger partial charge is 0.0494 e. The molecule has 0 spiro atoms. The predicted molar refractivity (Wildman–Crippen MR) is 60.3 cm³/mol. The Morgan fingerprint density at radius 3 is 2.50 bits per heavy atom. The summed E-state index contributed by atoms with van der Waals surface area (Å²) in [5.74, 6) is 0.967. The van der Waals surface area contributed by atoms with Crippen LogP contribution < -0.4 is 5.32 Å². The van der Waals surface area contributed by atoms with Gasteiger partial charge in [0.15, 0.2) is 0 Å². The summed E-state index contributed by atoms with van der Waals surface area (Å²) in [6.45, 7) is 7.62. The average Bonchev–Trinajstić information content (AvgIpc) is 2.08. The van der Waals surface area contributed by atoms with Gasteiger partial charge < -0.3 is 10.4 Å². The zero-order valence-corrected chi connectivity index (χ0v) is 9.84. The van der Waals surface area contributed by atoms with Crippen LogP contribution in [0.3, 0.4) is 0 Å². The van der Waals surface area contributed by atoms with Gasteiger partial charge >= 0.3 is 0 Å². The molecule has 0 aromatic rings. The minimum Gasteiger partial charge on any atom is -0.396 e. The molecule has 1 saturated carbocycles. The maximum Gasteiger partial charge on any atom is 0.0494 e. The molecule has 1 rings (SSSR count). The summed E-state index contributed by atoms with van der Waals surface area (Å²) in [6, 6.07) is 0.603. The van der Waals surface area contributed by atoms with Gasteiger partial charge in [-0.15, -0.1) is 0 Å². The summed E-state index contributed by atoms with van der Waals surface area (Å²) in [7, 11) is 0. The summed E-state index contributed by atoms with van der Waals surface area (Å²) in [5, 5.41) is 12.6. The van der Waals surface area contributed by atoms with Crippen molar-refractivity contribution in [2.75, 3.05) is 13.2 Å². The molecule has 0 saturated heterocycles. The number of nitrogens with one attached hydrogen (secondary N) is 1. The Bertz CT molecular complexity index is 164. The molecule has 0 amide bonds. The Labute approximate surface area is 88.1 Å². The largest absolute Gasteiger partial charge is 0.396 e. The molecule has 1 unspecified atom stereocenters. The first-order valence-corrected chi connectivity index (χ1v) is 5.88. The van der Waals surface area contributed by atoms with Crippen molar-refractivity contribution in [3.05, 3.63) is 0 Å². The van der Waals surface area contributed by atoms with Crippen molar-refractivity contribution in [1.82, 2.24) is 5.32 Å². The second-order valence-electron chi connectivity index (χ2n) is 5.64.